The van der Waals surface area contributed by atoms with Gasteiger partial charge in [-0.05, 0) is 33.4 Å². The van der Waals surface area contributed by atoms with Gasteiger partial charge in [0.15, 0.2) is 0 Å². The van der Waals surface area contributed by atoms with Crippen LogP contribution in [-0.2, 0) is 9.59 Å². The minimum absolute atomic E-state index is 0. The van der Waals surface area contributed by atoms with Crippen molar-refractivity contribution >= 4 is 36.0 Å². The lowest BCUT2D eigenvalue weighted by atomic mass is 9.79. The highest BCUT2D eigenvalue weighted by molar-refractivity contribution is 8.03. The molecule has 3 aliphatic rings. The minimum atomic E-state index is -1.10. The van der Waals surface area contributed by atoms with Gasteiger partial charge in [0.25, 0.3) is 0 Å². The van der Waals surface area contributed by atoms with E-state index in [1.807, 2.05) is 14.0 Å². The molecule has 7 atom stereocenters. The van der Waals surface area contributed by atoms with E-state index in [9.17, 15) is 24.9 Å². The summed E-state index contributed by atoms with van der Waals surface area (Å²) in [4.78, 5) is 26.3. The molecule has 160 valence electrons. The van der Waals surface area contributed by atoms with Crippen LogP contribution in [0.3, 0.4) is 0 Å². The number of nitrogens with one attached hydrogen (secondary N) is 2. The Bertz CT molecular complexity index is 647. The van der Waals surface area contributed by atoms with Crippen molar-refractivity contribution in [2.24, 2.45) is 11.8 Å². The maximum Gasteiger partial charge on any atom is 0.353 e. The predicted octanol–water partition coefficient (Wildman–Crippen LogP) is -0.00400. The van der Waals surface area contributed by atoms with Gasteiger partial charge in [0.1, 0.15) is 5.70 Å². The van der Waals surface area contributed by atoms with Crippen molar-refractivity contribution in [3.63, 3.8) is 0 Å². The molecule has 3 aliphatic heterocycles. The maximum atomic E-state index is 12.4. The third-order valence-corrected chi connectivity index (χ3v) is 7.40. The van der Waals surface area contributed by atoms with Crippen molar-refractivity contribution in [2.75, 3.05) is 20.1 Å². The summed E-state index contributed by atoms with van der Waals surface area (Å²) in [6, 6.07) is -0.289. The van der Waals surface area contributed by atoms with E-state index in [0.717, 1.165) is 13.0 Å². The zero-order valence-electron chi connectivity index (χ0n) is 16.3. The summed E-state index contributed by atoms with van der Waals surface area (Å²) in [5, 5.41) is 36.4. The van der Waals surface area contributed by atoms with Gasteiger partial charge in [0.2, 0.25) is 5.91 Å². The number of carbonyl (C=O) groups is 2. The molecule has 10 heteroatoms. The number of aliphatic hydroxyl groups excluding tert-OH is 2. The fourth-order valence-corrected chi connectivity index (χ4v) is 5.96. The lowest BCUT2D eigenvalue weighted by Crippen LogP contribution is -2.63. The Balaban J connectivity index is 0.00000280. The van der Waals surface area contributed by atoms with Crippen LogP contribution in [0.5, 0.6) is 0 Å². The van der Waals surface area contributed by atoms with Gasteiger partial charge in [-0.2, -0.15) is 0 Å². The van der Waals surface area contributed by atoms with Gasteiger partial charge in [-0.25, -0.2) is 4.79 Å². The predicted molar refractivity (Wildman–Crippen MR) is 109 cm³/mol. The Labute approximate surface area is 175 Å². The van der Waals surface area contributed by atoms with Gasteiger partial charge in [0.05, 0.1) is 24.2 Å². The van der Waals surface area contributed by atoms with E-state index in [-0.39, 0.29) is 47.3 Å². The second kappa shape index (κ2) is 9.32. The number of thioether (sulfide) groups is 1. The minimum Gasteiger partial charge on any atom is -0.477 e. The zero-order chi connectivity index (χ0) is 19.9. The van der Waals surface area contributed by atoms with Gasteiger partial charge < -0.3 is 30.9 Å². The molecule has 0 saturated carbocycles. The summed E-state index contributed by atoms with van der Waals surface area (Å²) in [5.41, 5.74) is 0.0681. The second-order valence-corrected chi connectivity index (χ2v) is 9.06. The van der Waals surface area contributed by atoms with Crippen molar-refractivity contribution in [3.05, 3.63) is 10.6 Å². The number of halogens is 1. The number of carboxylic acid groups (broad SMARTS) is 1. The molecule has 8 nitrogen and oxygen atoms in total. The molecule has 0 aromatic heterocycles. The van der Waals surface area contributed by atoms with Gasteiger partial charge >= 0.3 is 5.97 Å². The normalized spacial score (nSPS) is 34.0. The molecule has 0 unspecified atom stereocenters. The molecule has 3 heterocycles. The highest BCUT2D eigenvalue weighted by Crippen LogP contribution is 2.51. The first-order chi connectivity index (χ1) is 12.8. The summed E-state index contributed by atoms with van der Waals surface area (Å²) < 4.78 is 0. The topological polar surface area (TPSA) is 122 Å². The fourth-order valence-electron chi connectivity index (χ4n) is 4.47. The number of amides is 1. The molecule has 2 saturated heterocycles. The lowest BCUT2D eigenvalue weighted by molar-refractivity contribution is -0.163. The fraction of sp³-hybridized carbons (Fsp3) is 0.778. The maximum absolute atomic E-state index is 12.4. The molecule has 0 aliphatic carbocycles. The van der Waals surface area contributed by atoms with Crippen LogP contribution in [0.25, 0.3) is 0 Å². The van der Waals surface area contributed by atoms with E-state index < -0.39 is 24.1 Å². The van der Waals surface area contributed by atoms with Crippen LogP contribution in [0.4, 0.5) is 0 Å². The molecule has 0 radical (unpaired) electrons. The number of rotatable bonds is 8. The zero-order valence-corrected chi connectivity index (χ0v) is 17.9. The first-order valence-corrected chi connectivity index (χ1v) is 10.4. The molecule has 2 fully saturated rings. The Hall–Kier alpha value is -0.840. The average molecular weight is 436 g/mol. The van der Waals surface area contributed by atoms with Crippen LogP contribution < -0.4 is 10.6 Å². The lowest BCUT2D eigenvalue weighted by Gasteiger charge is -2.46. The van der Waals surface area contributed by atoms with Crippen molar-refractivity contribution in [3.8, 4) is 0 Å². The molecule has 3 rings (SSSR count). The molecule has 0 spiro atoms. The third-order valence-electron chi connectivity index (χ3n) is 5.88. The van der Waals surface area contributed by atoms with Crippen LogP contribution >= 0.6 is 24.2 Å². The monoisotopic (exact) mass is 435 g/mol. The Morgan fingerprint density at radius 2 is 2.11 bits per heavy atom. The van der Waals surface area contributed by atoms with Crippen molar-refractivity contribution in [1.82, 2.24) is 15.5 Å². The Kier molecular flexibility index (Phi) is 7.80. The number of aliphatic hydroxyl groups is 2. The van der Waals surface area contributed by atoms with Crippen molar-refractivity contribution in [2.45, 2.75) is 56.2 Å². The summed E-state index contributed by atoms with van der Waals surface area (Å²) in [7, 11) is 1.85. The van der Waals surface area contributed by atoms with E-state index >= 15 is 0 Å². The number of nitrogens with zero attached hydrogens (tertiary/aromatic N) is 1. The van der Waals surface area contributed by atoms with E-state index in [1.54, 1.807) is 6.92 Å². The molecular formula is C18H30ClN3O5S. The number of fused-ring (bicyclic) bond motifs is 1. The molecule has 1 amide bonds. The molecule has 5 N–H and O–H groups in total. The number of carbonyl (C=O) groups excluding carboxylic acids is 1. The first-order valence-electron chi connectivity index (χ1n) is 9.49. The highest BCUT2D eigenvalue weighted by Gasteiger charge is 2.60. The Morgan fingerprint density at radius 3 is 2.68 bits per heavy atom. The summed E-state index contributed by atoms with van der Waals surface area (Å²) in [5.74, 6) is -2.06. The number of aliphatic carboxylic acids is 1. The van der Waals surface area contributed by atoms with E-state index in [0.29, 0.717) is 17.9 Å². The Morgan fingerprint density at radius 1 is 1.43 bits per heavy atom. The quantitative estimate of drug-likeness (QED) is 0.338. The molecule has 28 heavy (non-hydrogen) atoms. The van der Waals surface area contributed by atoms with E-state index in [2.05, 4.69) is 10.6 Å². The molecule has 0 bridgehead atoms. The summed E-state index contributed by atoms with van der Waals surface area (Å²) in [6.07, 6.45) is 0.168. The average Bonchev–Trinajstić information content (AvgIpc) is 3.15. The smallest absolute Gasteiger partial charge is 0.353 e. The highest BCUT2D eigenvalue weighted by atomic mass is 35.5. The molecule has 0 aromatic carbocycles. The standard InChI is InChI=1S/C18H29N3O5S.ClH/c1-8-14-13(9(2)22)17(24)21(14)15(18(25)26)16(8)27-10-6-11(20-7-10)12(23)4-5-19-3;/h8-14,19-20,22-23H,4-7H2,1-3H3,(H,25,26);1H/t8-,9-,10-,11+,12-,13-,14-;/m1./s1. The molecular weight excluding hydrogens is 406 g/mol. The van der Waals surface area contributed by atoms with Crippen LogP contribution in [-0.4, -0.2) is 81.8 Å². The summed E-state index contributed by atoms with van der Waals surface area (Å²) in [6.45, 7) is 4.94. The number of hydrogen-bond donors (Lipinski definition) is 5. The number of β-lactam (4-membered cyclic amide) rings is 1. The van der Waals surface area contributed by atoms with Crippen LogP contribution in [0.1, 0.15) is 26.7 Å². The second-order valence-electron chi connectivity index (χ2n) is 7.72. The van der Waals surface area contributed by atoms with Gasteiger partial charge in [-0.1, -0.05) is 6.92 Å². The number of hydrogen-bond acceptors (Lipinski definition) is 7. The third kappa shape index (κ3) is 4.06. The molecule has 0 aromatic rings. The largest absolute Gasteiger partial charge is 0.477 e. The van der Waals surface area contributed by atoms with Crippen LogP contribution in [0, 0.1) is 11.8 Å². The SMILES string of the molecule is CNCC[C@@H](O)[C@@H]1C[C@@H](SC2=C(C(=O)O)N3C(=O)[C@H]([C@@H](C)O)[C@H]3[C@H]2C)CN1.Cl. The van der Waals surface area contributed by atoms with Gasteiger partial charge in [-0.15, -0.1) is 24.2 Å². The number of carboxylic acids is 1. The van der Waals surface area contributed by atoms with Crippen molar-refractivity contribution < 1.29 is 24.9 Å². The van der Waals surface area contributed by atoms with Crippen LogP contribution in [0.2, 0.25) is 0 Å². The van der Waals surface area contributed by atoms with Crippen LogP contribution in [0.15, 0.2) is 10.6 Å². The van der Waals surface area contributed by atoms with E-state index in [1.165, 1.54) is 16.7 Å². The van der Waals surface area contributed by atoms with Crippen molar-refractivity contribution in [1.29, 1.82) is 0 Å². The summed E-state index contributed by atoms with van der Waals surface area (Å²) >= 11 is 1.50. The van der Waals surface area contributed by atoms with Gasteiger partial charge in [-0.3, -0.25) is 4.79 Å². The van der Waals surface area contributed by atoms with Gasteiger partial charge in [0, 0.05) is 28.7 Å². The first kappa shape index (κ1) is 23.4. The van der Waals surface area contributed by atoms with E-state index in [4.69, 9.17) is 0 Å².